The molecule has 3 heteroatoms. The zero-order valence-electron chi connectivity index (χ0n) is 10.2. The molecule has 3 nitrogen and oxygen atoms in total. The van der Waals surface area contributed by atoms with Gasteiger partial charge in [-0.2, -0.15) is 0 Å². The lowest BCUT2D eigenvalue weighted by Crippen LogP contribution is -1.97. The van der Waals surface area contributed by atoms with Crippen molar-refractivity contribution in [3.63, 3.8) is 0 Å². The SMILES string of the molecule is CCCC(=O)OC.CCOc1ccccc1. The maximum atomic E-state index is 10.2. The summed E-state index contributed by atoms with van der Waals surface area (Å²) in [5, 5.41) is 0. The van der Waals surface area contributed by atoms with Gasteiger partial charge in [0.15, 0.2) is 0 Å². The van der Waals surface area contributed by atoms with Gasteiger partial charge in [-0.1, -0.05) is 25.1 Å². The first kappa shape index (κ1) is 14.5. The van der Waals surface area contributed by atoms with Crippen molar-refractivity contribution in [3.05, 3.63) is 30.3 Å². The summed E-state index contributed by atoms with van der Waals surface area (Å²) in [4.78, 5) is 10.2. The van der Waals surface area contributed by atoms with Gasteiger partial charge in [-0.25, -0.2) is 0 Å². The topological polar surface area (TPSA) is 35.5 Å². The molecule has 0 saturated heterocycles. The molecule has 0 N–H and O–H groups in total. The molecule has 0 aliphatic carbocycles. The zero-order valence-corrected chi connectivity index (χ0v) is 10.2. The van der Waals surface area contributed by atoms with Crippen molar-refractivity contribution in [1.82, 2.24) is 0 Å². The van der Waals surface area contributed by atoms with Crippen LogP contribution in [0, 0.1) is 0 Å². The molecule has 1 aromatic carbocycles. The number of carbonyl (C=O) groups excluding carboxylic acids is 1. The molecule has 0 spiro atoms. The highest BCUT2D eigenvalue weighted by atomic mass is 16.5. The number of esters is 1. The Morgan fingerprint density at radius 2 is 1.81 bits per heavy atom. The van der Waals surface area contributed by atoms with E-state index < -0.39 is 0 Å². The molecule has 0 aliphatic heterocycles. The lowest BCUT2D eigenvalue weighted by atomic mass is 10.3. The van der Waals surface area contributed by atoms with Crippen molar-refractivity contribution >= 4 is 5.97 Å². The lowest BCUT2D eigenvalue weighted by molar-refractivity contribution is -0.140. The summed E-state index contributed by atoms with van der Waals surface area (Å²) < 4.78 is 9.56. The first-order valence-corrected chi connectivity index (χ1v) is 5.49. The molecule has 0 radical (unpaired) electrons. The van der Waals surface area contributed by atoms with Crippen molar-refractivity contribution in [2.75, 3.05) is 13.7 Å². The van der Waals surface area contributed by atoms with E-state index in [9.17, 15) is 4.79 Å². The highest BCUT2D eigenvalue weighted by Gasteiger charge is 1.92. The number of methoxy groups -OCH3 is 1. The minimum atomic E-state index is -0.123. The quantitative estimate of drug-likeness (QED) is 0.737. The fourth-order valence-corrected chi connectivity index (χ4v) is 0.990. The second-order valence-corrected chi connectivity index (χ2v) is 3.07. The molecule has 0 bridgehead atoms. The average Bonchev–Trinajstić information content (AvgIpc) is 2.32. The van der Waals surface area contributed by atoms with Crippen LogP contribution in [0.3, 0.4) is 0 Å². The summed E-state index contributed by atoms with van der Waals surface area (Å²) in [7, 11) is 1.40. The largest absolute Gasteiger partial charge is 0.494 e. The molecule has 1 rings (SSSR count). The summed E-state index contributed by atoms with van der Waals surface area (Å²) in [6.45, 7) is 4.66. The Balaban J connectivity index is 0.000000293. The summed E-state index contributed by atoms with van der Waals surface area (Å²) in [6, 6.07) is 9.80. The van der Waals surface area contributed by atoms with Crippen molar-refractivity contribution in [3.8, 4) is 5.75 Å². The van der Waals surface area contributed by atoms with Gasteiger partial charge >= 0.3 is 5.97 Å². The van der Waals surface area contributed by atoms with E-state index in [-0.39, 0.29) is 5.97 Å². The van der Waals surface area contributed by atoms with Crippen LogP contribution in [0.4, 0.5) is 0 Å². The van der Waals surface area contributed by atoms with Crippen LogP contribution in [0.1, 0.15) is 26.7 Å². The van der Waals surface area contributed by atoms with E-state index in [0.717, 1.165) is 18.8 Å². The fourth-order valence-electron chi connectivity index (χ4n) is 0.990. The monoisotopic (exact) mass is 224 g/mol. The van der Waals surface area contributed by atoms with Crippen LogP contribution in [0.5, 0.6) is 5.75 Å². The van der Waals surface area contributed by atoms with Gasteiger partial charge in [0.05, 0.1) is 13.7 Å². The van der Waals surface area contributed by atoms with E-state index in [1.165, 1.54) is 7.11 Å². The Labute approximate surface area is 97.4 Å². The van der Waals surface area contributed by atoms with Gasteiger partial charge in [-0.05, 0) is 25.5 Å². The van der Waals surface area contributed by atoms with Crippen LogP contribution in [-0.4, -0.2) is 19.7 Å². The van der Waals surface area contributed by atoms with Crippen molar-refractivity contribution in [2.24, 2.45) is 0 Å². The van der Waals surface area contributed by atoms with Gasteiger partial charge in [-0.3, -0.25) is 4.79 Å². The normalized spacial score (nSPS) is 8.69. The third-order valence-electron chi connectivity index (χ3n) is 1.74. The van der Waals surface area contributed by atoms with E-state index in [1.54, 1.807) is 0 Å². The van der Waals surface area contributed by atoms with Crippen LogP contribution in [0.15, 0.2) is 30.3 Å². The number of ether oxygens (including phenoxy) is 2. The first-order chi connectivity index (χ1) is 7.74. The van der Waals surface area contributed by atoms with E-state index in [1.807, 2.05) is 44.2 Å². The predicted octanol–water partition coefficient (Wildman–Crippen LogP) is 3.04. The molecule has 0 atom stereocenters. The molecule has 16 heavy (non-hydrogen) atoms. The molecule has 0 aromatic heterocycles. The van der Waals surface area contributed by atoms with Crippen LogP contribution in [-0.2, 0) is 9.53 Å². The zero-order chi connectivity index (χ0) is 12.2. The predicted molar refractivity (Wildman–Crippen MR) is 64.5 cm³/mol. The highest BCUT2D eigenvalue weighted by molar-refractivity contribution is 5.68. The number of hydrogen-bond donors (Lipinski definition) is 0. The Morgan fingerprint density at radius 3 is 2.19 bits per heavy atom. The minimum absolute atomic E-state index is 0.123. The summed E-state index contributed by atoms with van der Waals surface area (Å²) in [6.07, 6.45) is 1.41. The third kappa shape index (κ3) is 7.85. The molecule has 0 heterocycles. The van der Waals surface area contributed by atoms with Crippen LogP contribution < -0.4 is 4.74 Å². The summed E-state index contributed by atoms with van der Waals surface area (Å²) in [5.41, 5.74) is 0. The molecule has 1 aromatic rings. The van der Waals surface area contributed by atoms with E-state index in [0.29, 0.717) is 6.42 Å². The maximum absolute atomic E-state index is 10.2. The van der Waals surface area contributed by atoms with E-state index in [2.05, 4.69) is 4.74 Å². The number of benzene rings is 1. The van der Waals surface area contributed by atoms with Crippen LogP contribution in [0.2, 0.25) is 0 Å². The Morgan fingerprint density at radius 1 is 1.19 bits per heavy atom. The average molecular weight is 224 g/mol. The molecule has 0 saturated carbocycles. The Kier molecular flexibility index (Phi) is 9.08. The first-order valence-electron chi connectivity index (χ1n) is 5.49. The highest BCUT2D eigenvalue weighted by Crippen LogP contribution is 2.06. The number of hydrogen-bond acceptors (Lipinski definition) is 3. The standard InChI is InChI=1S/C8H10O.C5H10O2/c1-2-9-8-6-4-3-5-7-8;1-3-4-5(6)7-2/h3-7H,2H2,1H3;3-4H2,1-2H3. The van der Waals surface area contributed by atoms with Gasteiger partial charge in [-0.15, -0.1) is 0 Å². The number of carbonyl (C=O) groups is 1. The van der Waals surface area contributed by atoms with Crippen molar-refractivity contribution < 1.29 is 14.3 Å². The second kappa shape index (κ2) is 10.0. The molecule has 0 fully saturated rings. The van der Waals surface area contributed by atoms with Gasteiger partial charge in [0.2, 0.25) is 0 Å². The third-order valence-corrected chi connectivity index (χ3v) is 1.74. The number of rotatable bonds is 4. The Bertz CT molecular complexity index is 270. The van der Waals surface area contributed by atoms with E-state index in [4.69, 9.17) is 4.74 Å². The molecule has 0 amide bonds. The second-order valence-electron chi connectivity index (χ2n) is 3.07. The molecular weight excluding hydrogens is 204 g/mol. The van der Waals surface area contributed by atoms with Crippen LogP contribution >= 0.6 is 0 Å². The van der Waals surface area contributed by atoms with Gasteiger partial charge in [0.1, 0.15) is 5.75 Å². The molecule has 0 aliphatic rings. The van der Waals surface area contributed by atoms with Gasteiger partial charge in [0.25, 0.3) is 0 Å². The van der Waals surface area contributed by atoms with Crippen LogP contribution in [0.25, 0.3) is 0 Å². The van der Waals surface area contributed by atoms with Gasteiger partial charge in [0, 0.05) is 6.42 Å². The Hall–Kier alpha value is -1.51. The van der Waals surface area contributed by atoms with Crippen molar-refractivity contribution in [2.45, 2.75) is 26.7 Å². The molecule has 0 unspecified atom stereocenters. The maximum Gasteiger partial charge on any atom is 0.305 e. The molecular formula is C13H20O3. The summed E-state index contributed by atoms with van der Waals surface area (Å²) >= 11 is 0. The molecule has 90 valence electrons. The van der Waals surface area contributed by atoms with Crippen molar-refractivity contribution in [1.29, 1.82) is 0 Å². The van der Waals surface area contributed by atoms with E-state index >= 15 is 0 Å². The summed E-state index contributed by atoms with van der Waals surface area (Å²) in [5.74, 6) is 0.822. The minimum Gasteiger partial charge on any atom is -0.494 e. The smallest absolute Gasteiger partial charge is 0.305 e. The number of para-hydroxylation sites is 1. The lowest BCUT2D eigenvalue weighted by Gasteiger charge is -1.99. The van der Waals surface area contributed by atoms with Gasteiger partial charge < -0.3 is 9.47 Å². The fraction of sp³-hybridized carbons (Fsp3) is 0.462.